The summed E-state index contributed by atoms with van der Waals surface area (Å²) in [5.74, 6) is -71.3. The van der Waals surface area contributed by atoms with Crippen molar-refractivity contribution in [2.75, 3.05) is 0 Å². The van der Waals surface area contributed by atoms with Gasteiger partial charge in [0.2, 0.25) is 18.0 Å². The van der Waals surface area contributed by atoms with Gasteiger partial charge in [0.25, 0.3) is 0 Å². The van der Waals surface area contributed by atoms with Crippen LogP contribution in [-0.4, -0.2) is 11.9 Å². The van der Waals surface area contributed by atoms with E-state index < -0.39 is 144 Å². The van der Waals surface area contributed by atoms with Crippen LogP contribution >= 0.6 is 0 Å². The van der Waals surface area contributed by atoms with Crippen LogP contribution in [0.25, 0.3) is 22.0 Å². The minimum atomic E-state index is -7.22. The minimum absolute atomic E-state index is 0.110. The summed E-state index contributed by atoms with van der Waals surface area (Å²) >= 11 is 0. The van der Waals surface area contributed by atoms with Crippen LogP contribution in [0, 0.1) is 116 Å². The largest absolute Gasteiger partial charge is 0.287 e. The molecule has 0 atom stereocenters. The van der Waals surface area contributed by atoms with E-state index in [1.807, 2.05) is 65.4 Å². The number of carbonyl (C=O) groups is 1. The zero-order chi connectivity index (χ0) is 51.4. The third-order valence-electron chi connectivity index (χ3n) is 11.1. The van der Waals surface area contributed by atoms with Crippen molar-refractivity contribution < 1.29 is 97.2 Å². The average molecular weight is 1000 g/mol. The van der Waals surface area contributed by atoms with Gasteiger partial charge >= 0.3 is 0 Å². The molecule has 8 aromatic rings. The molecule has 0 saturated carbocycles. The zero-order valence-electron chi connectivity index (χ0n) is 33.9. The van der Waals surface area contributed by atoms with Crippen molar-refractivity contribution in [3.05, 3.63) is 219 Å². The molecule has 7 aromatic carbocycles. The number of ketones is 1. The summed E-state index contributed by atoms with van der Waals surface area (Å²) in [6.45, 7) is 0.323. The van der Waals surface area contributed by atoms with Gasteiger partial charge in [-0.3, -0.25) is 4.79 Å². The fourth-order valence-electron chi connectivity index (χ4n) is 8.05. The highest BCUT2D eigenvalue weighted by Crippen LogP contribution is 2.31. The van der Waals surface area contributed by atoms with Crippen LogP contribution in [0.1, 0.15) is 10.4 Å². The summed E-state index contributed by atoms with van der Waals surface area (Å²) in [6, 6.07) is 30.1. The first kappa shape index (κ1) is 50.2. The molecule has 1 aromatic heterocycles. The van der Waals surface area contributed by atoms with E-state index in [0.29, 0.717) is 6.54 Å². The number of halogens is 20. The van der Waals surface area contributed by atoms with E-state index in [9.17, 15) is 57.5 Å². The topological polar surface area (TPSA) is 20.9 Å². The molecule has 0 fully saturated rings. The third-order valence-corrected chi connectivity index (χ3v) is 11.1. The zero-order valence-corrected chi connectivity index (χ0v) is 33.9. The van der Waals surface area contributed by atoms with Gasteiger partial charge in [-0.2, -0.15) is 4.57 Å². The number of fused-ring (bicyclic) bond motifs is 1. The third kappa shape index (κ3) is 7.85. The predicted molar refractivity (Wildman–Crippen MR) is 210 cm³/mol. The van der Waals surface area contributed by atoms with Gasteiger partial charge in [0, 0.05) is 17.7 Å². The van der Waals surface area contributed by atoms with Crippen LogP contribution in [0.2, 0.25) is 0 Å². The second-order valence-corrected chi connectivity index (χ2v) is 14.8. The van der Waals surface area contributed by atoms with Crippen LogP contribution in [0.4, 0.5) is 87.8 Å². The van der Waals surface area contributed by atoms with Crippen LogP contribution in [0.3, 0.4) is 0 Å². The first-order valence-corrected chi connectivity index (χ1v) is 19.3. The first-order chi connectivity index (χ1) is 33.0. The van der Waals surface area contributed by atoms with Gasteiger partial charge in [-0.05, 0) is 22.9 Å². The van der Waals surface area contributed by atoms with Gasteiger partial charge in [0.15, 0.2) is 76.0 Å². The van der Waals surface area contributed by atoms with E-state index in [1.54, 1.807) is 0 Å². The predicted octanol–water partition coefficient (Wildman–Crippen LogP) is 10.5. The SMILES string of the molecule is Fc1c(F)c(F)c([B-](c2c(F)c(F)c(F)c(F)c2F)(c2c(F)c(F)c(F)c(F)c2F)c2c(F)c(F)c(F)c(F)c2F)c(F)c1F.O=C(C[n+]1ccccc1-c1cccc2ccccc12)c1ccccc1. The number of carbonyl (C=O) groups excluding carboxylic acids is 1. The molecule has 0 aliphatic rings. The summed E-state index contributed by atoms with van der Waals surface area (Å²) in [5.41, 5.74) is -11.4. The van der Waals surface area contributed by atoms with Crippen molar-refractivity contribution in [2.45, 2.75) is 6.54 Å². The second-order valence-electron chi connectivity index (χ2n) is 14.8. The van der Waals surface area contributed by atoms with Crippen molar-refractivity contribution in [3.8, 4) is 11.3 Å². The normalized spacial score (nSPS) is 11.5. The number of hydrogen-bond donors (Lipinski definition) is 0. The Morgan fingerprint density at radius 1 is 0.343 bits per heavy atom. The summed E-state index contributed by atoms with van der Waals surface area (Å²) in [6.07, 6.45) is -5.25. The van der Waals surface area contributed by atoms with Gasteiger partial charge in [-0.25, -0.2) is 87.8 Å². The quantitative estimate of drug-likeness (QED) is 0.0371. The van der Waals surface area contributed by atoms with E-state index in [4.69, 9.17) is 0 Å². The smallest absolute Gasteiger partial charge is 0.227 e. The minimum Gasteiger partial charge on any atom is -0.287 e. The molecule has 0 saturated heterocycles. The van der Waals surface area contributed by atoms with Crippen LogP contribution in [0.5, 0.6) is 0 Å². The van der Waals surface area contributed by atoms with Crippen molar-refractivity contribution in [1.82, 2.24) is 0 Å². The maximum Gasteiger partial charge on any atom is 0.227 e. The Labute approximate surface area is 378 Å². The van der Waals surface area contributed by atoms with Crippen LogP contribution < -0.4 is 26.4 Å². The molecule has 23 heteroatoms. The van der Waals surface area contributed by atoms with Crippen molar-refractivity contribution in [3.63, 3.8) is 0 Å². The van der Waals surface area contributed by atoms with Gasteiger partial charge in [0.1, 0.15) is 52.7 Å². The lowest BCUT2D eigenvalue weighted by molar-refractivity contribution is -0.672. The molecular weight excluding hydrogens is 985 g/mol. The fraction of sp³-hybridized carbons (Fsp3) is 0.0213. The summed E-state index contributed by atoms with van der Waals surface area (Å²) in [7, 11) is 0. The molecule has 0 radical (unpaired) electrons. The highest BCUT2D eigenvalue weighted by atomic mass is 19.2. The Kier molecular flexibility index (Phi) is 13.6. The van der Waals surface area contributed by atoms with E-state index in [1.165, 1.54) is 10.8 Å². The van der Waals surface area contributed by atoms with E-state index >= 15 is 35.1 Å². The summed E-state index contributed by atoms with van der Waals surface area (Å²) in [5, 5.41) is 2.39. The van der Waals surface area contributed by atoms with Gasteiger partial charge in [0.05, 0.1) is 5.56 Å². The standard InChI is InChI=1S/C24BF20.C23H18NO/c26-5-1(6(27)14(35)21(42)13(5)34)25(2-7(28)15(36)22(43)16(37)8(2)29,3-9(30)17(38)23(44)18(39)10(3)31)4-11(32)19(40)24(45)20(41)12(4)33;25-23(19-10-2-1-3-11-19)17-24-16-7-6-15-22(24)21-14-8-12-18-9-4-5-13-20(18)21/h;1-16H,17H2/q-1;+1. The number of Topliss-reactive ketones (excluding diaryl/α,β-unsaturated/α-hetero) is 1. The molecule has 70 heavy (non-hydrogen) atoms. The molecule has 0 aliphatic carbocycles. The number of benzene rings is 7. The maximum atomic E-state index is 15.4. The molecule has 0 spiro atoms. The Morgan fingerprint density at radius 3 is 1.04 bits per heavy atom. The number of hydrogen-bond acceptors (Lipinski definition) is 1. The lowest BCUT2D eigenvalue weighted by Crippen LogP contribution is -2.81. The molecule has 0 aliphatic heterocycles. The first-order valence-electron chi connectivity index (χ1n) is 19.3. The Balaban J connectivity index is 0.000000242. The molecule has 0 unspecified atom stereocenters. The van der Waals surface area contributed by atoms with Gasteiger partial charge in [-0.15, -0.1) is 21.9 Å². The van der Waals surface area contributed by atoms with Crippen molar-refractivity contribution in [2.24, 2.45) is 0 Å². The van der Waals surface area contributed by atoms with Crippen LogP contribution in [-0.2, 0) is 6.54 Å². The molecule has 0 N–H and O–H groups in total. The molecular formula is C47H18BF20NO. The lowest BCUT2D eigenvalue weighted by Gasteiger charge is -2.44. The molecule has 8 rings (SSSR count). The fourth-order valence-corrected chi connectivity index (χ4v) is 8.05. The maximum absolute atomic E-state index is 15.4. The van der Waals surface area contributed by atoms with E-state index in [0.717, 1.165) is 16.8 Å². The summed E-state index contributed by atoms with van der Waals surface area (Å²) in [4.78, 5) is 12.6. The van der Waals surface area contributed by atoms with Crippen LogP contribution in [0.15, 0.2) is 97.2 Å². The molecule has 0 amide bonds. The van der Waals surface area contributed by atoms with Crippen molar-refractivity contribution in [1.29, 1.82) is 0 Å². The molecule has 360 valence electrons. The lowest BCUT2D eigenvalue weighted by atomic mass is 9.12. The Hall–Kier alpha value is -7.72. The highest BCUT2D eigenvalue weighted by Gasteiger charge is 2.52. The number of pyridine rings is 1. The monoisotopic (exact) mass is 1000 g/mol. The Bertz CT molecular complexity index is 3060. The molecule has 1 heterocycles. The Morgan fingerprint density at radius 2 is 0.657 bits per heavy atom. The highest BCUT2D eigenvalue weighted by molar-refractivity contribution is 7.20. The molecule has 0 bridgehead atoms. The second kappa shape index (κ2) is 19.0. The number of nitrogens with zero attached hydrogens (tertiary/aromatic N) is 1. The summed E-state index contributed by atoms with van der Waals surface area (Å²) < 4.78 is 296. The van der Waals surface area contributed by atoms with Crippen molar-refractivity contribution >= 4 is 44.6 Å². The van der Waals surface area contributed by atoms with Gasteiger partial charge < -0.3 is 0 Å². The van der Waals surface area contributed by atoms with E-state index in [-0.39, 0.29) is 5.78 Å². The van der Waals surface area contributed by atoms with E-state index in [2.05, 4.69) is 36.4 Å². The number of aromatic nitrogens is 1. The van der Waals surface area contributed by atoms with Gasteiger partial charge in [-0.1, -0.05) is 66.7 Å². The average Bonchev–Trinajstić information content (AvgIpc) is 3.36. The molecule has 2 nitrogen and oxygen atoms in total. The number of rotatable bonds is 8.